The largest absolute Gasteiger partial charge is 0.373 e. The molecule has 0 unspecified atom stereocenters. The summed E-state index contributed by atoms with van der Waals surface area (Å²) in [6.45, 7) is 62.8. The molecule has 2 aromatic rings. The topological polar surface area (TPSA) is 311 Å². The number of nitrogens with one attached hydrogen (secondary N) is 1. The minimum Gasteiger partial charge on any atom is -0.373 e. The maximum Gasteiger partial charge on any atom is 0.221 e. The summed E-state index contributed by atoms with van der Waals surface area (Å²) >= 11 is 0. The molecular weight excluding hydrogens is 1480 g/mol. The lowest BCUT2D eigenvalue weighted by Crippen LogP contribution is -2.29. The molecule has 2 heterocycles. The number of Topliss-reactive ketones (excluding diaryl/α,β-unsaturated/α-hetero) is 9. The molecule has 0 radical (unpaired) electrons. The Hall–Kier alpha value is -8.71. The molecule has 1 aromatic carbocycles. The number of H-pyrrole nitrogens is 1. The fourth-order valence-electron chi connectivity index (χ4n) is 8.46. The van der Waals surface area contributed by atoms with Gasteiger partial charge in [-0.3, -0.25) is 76.7 Å². The molecule has 117 heavy (non-hydrogen) atoms. The Labute approximate surface area is 704 Å². The van der Waals surface area contributed by atoms with Crippen molar-refractivity contribution < 1.29 is 81.4 Å². The normalized spacial score (nSPS) is 12.2. The van der Waals surface area contributed by atoms with Crippen LogP contribution in [0.25, 0.3) is 12.2 Å². The van der Waals surface area contributed by atoms with Gasteiger partial charge in [-0.1, -0.05) is 267 Å². The van der Waals surface area contributed by atoms with Crippen LogP contribution in [0.15, 0.2) is 114 Å². The van der Waals surface area contributed by atoms with Crippen LogP contribution in [0.3, 0.4) is 0 Å². The van der Waals surface area contributed by atoms with Gasteiger partial charge in [0.2, 0.25) is 28.9 Å². The number of ether oxygens (including phenoxy) is 1. The highest BCUT2D eigenvalue weighted by Gasteiger charge is 2.30. The third kappa shape index (κ3) is 68.0. The highest BCUT2D eigenvalue weighted by molar-refractivity contribution is 6.43. The van der Waals surface area contributed by atoms with Gasteiger partial charge in [-0.2, -0.15) is 0 Å². The molecule has 0 atom stereocenters. The van der Waals surface area contributed by atoms with Gasteiger partial charge in [0.25, 0.3) is 0 Å². The molecule has 0 bridgehead atoms. The molecule has 1 N–H and O–H groups in total. The smallest absolute Gasteiger partial charge is 0.221 e. The van der Waals surface area contributed by atoms with E-state index >= 15 is 0 Å². The summed E-state index contributed by atoms with van der Waals surface area (Å²) in [5.74, 6) is 0.137. The Morgan fingerprint density at radius 3 is 1.09 bits per heavy atom. The molecule has 19 nitrogen and oxygen atoms in total. The molecule has 1 saturated heterocycles. The fourth-order valence-corrected chi connectivity index (χ4v) is 8.46. The van der Waals surface area contributed by atoms with Gasteiger partial charge < -0.3 is 9.72 Å². The molecule has 0 aliphatic carbocycles. The molecule has 1 aromatic heterocycles. The summed E-state index contributed by atoms with van der Waals surface area (Å²) < 4.78 is 4.93. The van der Waals surface area contributed by atoms with E-state index in [1.807, 2.05) is 209 Å². The third-order valence-corrected chi connectivity index (χ3v) is 16.0. The van der Waals surface area contributed by atoms with Gasteiger partial charge in [-0.05, 0) is 111 Å². The third-order valence-electron chi connectivity index (χ3n) is 16.0. The first-order valence-corrected chi connectivity index (χ1v) is 40.9. The van der Waals surface area contributed by atoms with Crippen LogP contribution in [0, 0.1) is 55.2 Å². The van der Waals surface area contributed by atoms with Gasteiger partial charge in [-0.25, -0.2) is 4.98 Å². The van der Waals surface area contributed by atoms with Crippen LogP contribution >= 0.6 is 0 Å². The van der Waals surface area contributed by atoms with Crippen molar-refractivity contribution in [3.63, 3.8) is 0 Å². The Kier molecular flexibility index (Phi) is 57.3. The maximum absolute atomic E-state index is 11.7. The lowest BCUT2D eigenvalue weighted by atomic mass is 9.86. The summed E-state index contributed by atoms with van der Waals surface area (Å²) in [6, 6.07) is 9.65. The number of aromatic amines is 1. The Morgan fingerprint density at radius 1 is 0.427 bits per heavy atom. The van der Waals surface area contributed by atoms with Crippen molar-refractivity contribution in [1.29, 1.82) is 0 Å². The number of rotatable bonds is 33. The molecule has 1 aliphatic heterocycles. The van der Waals surface area contributed by atoms with Crippen LogP contribution in [-0.4, -0.2) is 116 Å². The Morgan fingerprint density at radius 2 is 0.786 bits per heavy atom. The Bertz CT molecular complexity index is 3740. The second-order valence-corrected chi connectivity index (χ2v) is 38.9. The number of aromatic nitrogens is 2. The van der Waals surface area contributed by atoms with Crippen molar-refractivity contribution in [2.75, 3.05) is 13.2 Å². The minimum atomic E-state index is -0.566. The van der Waals surface area contributed by atoms with Crippen LogP contribution in [0.2, 0.25) is 0 Å². The monoisotopic (exact) mass is 1630 g/mol. The first-order chi connectivity index (χ1) is 53.0. The van der Waals surface area contributed by atoms with E-state index in [0.29, 0.717) is 95.6 Å². The lowest BCUT2D eigenvalue weighted by molar-refractivity contribution is -0.141. The number of ketones is 16. The SMILES string of the molecule is CC(C)(C)C(=O)CCC(=O)/C=C/c1ccccc1.CC(C)(C)C(=O)CCC(=O)/C=C/c1ncc[nH]1.CC(C)(C)C(=O)CCC(=O)C=C1COC1.CC(C)/C=C/C(=O)CCC(=O)C(C)(C)C.CC(C)=CC(=O)C(=O)C(C)(C)C.CC(C)=CC(=O)C(=O)CC(C)(C)C.CC(C)CC(=O)C(=O)C(C)(C)C.CCC/C=C/C(=O)CCC(=O)C(C)(C)C. The number of allylic oxidation sites excluding steroid dienone is 11. The van der Waals surface area contributed by atoms with Crippen molar-refractivity contribution in [2.45, 2.75) is 318 Å². The number of benzene rings is 1. The lowest BCUT2D eigenvalue weighted by Gasteiger charge is -2.17. The van der Waals surface area contributed by atoms with Crippen molar-refractivity contribution in [1.82, 2.24) is 9.97 Å². The summed E-state index contributed by atoms with van der Waals surface area (Å²) in [6.07, 6.45) is 26.9. The first kappa shape index (κ1) is 117. The predicted molar refractivity (Wildman–Crippen MR) is 475 cm³/mol. The van der Waals surface area contributed by atoms with Crippen LogP contribution in [0.1, 0.15) is 330 Å². The van der Waals surface area contributed by atoms with Crippen LogP contribution in [0.4, 0.5) is 0 Å². The van der Waals surface area contributed by atoms with E-state index in [-0.39, 0.29) is 132 Å². The van der Waals surface area contributed by atoms with Crippen LogP contribution < -0.4 is 0 Å². The zero-order valence-electron chi connectivity index (χ0n) is 78.2. The van der Waals surface area contributed by atoms with E-state index in [1.165, 1.54) is 18.2 Å². The highest BCUT2D eigenvalue weighted by atomic mass is 16.5. The summed E-state index contributed by atoms with van der Waals surface area (Å²) in [5.41, 5.74) is 0.828. The van der Waals surface area contributed by atoms with E-state index in [0.717, 1.165) is 35.1 Å². The molecule has 1 aliphatic rings. The van der Waals surface area contributed by atoms with Gasteiger partial charge in [-0.15, -0.1) is 0 Å². The molecule has 0 spiro atoms. The van der Waals surface area contributed by atoms with Crippen molar-refractivity contribution in [3.8, 4) is 0 Å². The fraction of sp³-hybridized carbons (Fsp3) is 0.602. The number of imidazole rings is 1. The Balaban J connectivity index is -0.000000410. The molecule has 656 valence electrons. The maximum atomic E-state index is 11.7. The second-order valence-electron chi connectivity index (χ2n) is 38.9. The van der Waals surface area contributed by atoms with E-state index < -0.39 is 16.6 Å². The van der Waals surface area contributed by atoms with E-state index in [1.54, 1.807) is 104 Å². The van der Waals surface area contributed by atoms with E-state index in [9.17, 15) is 76.7 Å². The predicted octanol–water partition coefficient (Wildman–Crippen LogP) is 21.3. The van der Waals surface area contributed by atoms with E-state index in [2.05, 4.69) is 16.9 Å². The van der Waals surface area contributed by atoms with Crippen LogP contribution in [-0.2, 0) is 81.4 Å². The average molecular weight is 1630 g/mol. The number of hydrogen-bond acceptors (Lipinski definition) is 18. The van der Waals surface area contributed by atoms with Gasteiger partial charge in [0.1, 0.15) is 34.7 Å². The number of unbranched alkanes of at least 4 members (excludes halogenated alkanes) is 1. The molecule has 0 saturated carbocycles. The van der Waals surface area contributed by atoms with Crippen LogP contribution in [0.5, 0.6) is 0 Å². The summed E-state index contributed by atoms with van der Waals surface area (Å²) in [4.78, 5) is 189. The first-order valence-electron chi connectivity index (χ1n) is 40.9. The zero-order chi connectivity index (χ0) is 92.4. The van der Waals surface area contributed by atoms with Crippen molar-refractivity contribution in [2.24, 2.45) is 55.2 Å². The molecule has 3 rings (SSSR count). The average Bonchev–Trinajstić information content (AvgIpc) is 1.32. The molecule has 19 heteroatoms. The molecule has 1 fully saturated rings. The quantitative estimate of drug-likeness (QED) is 0.0512. The standard InChI is InChI=1S/C16H20O2.C13H18N2O2.2C13H22O2.C12H18O3.C11H18O2.C10H18O2.C10H16O2/c1-16(2,3)15(18)12-11-14(17)10-9-13-7-5-4-6-8-13;1-13(2,3)11(17)6-4-10(16)5-7-12-14-8-9-15-12;1-10(2)6-7-11(14)8-9-12(15)13(3,4)5;1-5-6-7-8-11(14)9-10-12(15)13(2,3)4;1-12(2,3)11(14)5-4-10(13)6-9-7-15-8-9;1-8(2)6-9(12)10(13)7-11(3,4)5;2*1-7(2)6-8(11)9(12)10(3,4)5/h4-10H,11-12H2,1-3H3;5,7-9H,4,6H2,1-3H3,(H,14,15);6-7,10H,8-9H2,1-5H3;7-8H,5-6,9-10H2,1-4H3;6H,4-5,7-8H2,1-3H3;6H,7H2,1-5H3;7H,6H2,1-5H3;6H,1-5H3/b10-9+;7-5+;7-6+;8-7+;;;;. The summed E-state index contributed by atoms with van der Waals surface area (Å²) in [7, 11) is 0. The van der Waals surface area contributed by atoms with Gasteiger partial charge in [0.05, 0.1) is 13.2 Å². The second kappa shape index (κ2) is 57.4. The molecule has 0 amide bonds. The number of carbonyl (C=O) groups excluding carboxylic acids is 16. The van der Waals surface area contributed by atoms with Gasteiger partial charge in [0.15, 0.2) is 34.7 Å². The number of nitrogens with zero attached hydrogens (tertiary/aromatic N) is 1. The van der Waals surface area contributed by atoms with Crippen molar-refractivity contribution >= 4 is 105 Å². The minimum absolute atomic E-state index is 0.00328. The summed E-state index contributed by atoms with van der Waals surface area (Å²) in [5, 5.41) is 0. The van der Waals surface area contributed by atoms with Gasteiger partial charge >= 0.3 is 0 Å². The highest BCUT2D eigenvalue weighted by Crippen LogP contribution is 2.24. The van der Waals surface area contributed by atoms with Crippen molar-refractivity contribution in [3.05, 3.63) is 126 Å². The number of carbonyl (C=O) groups is 16. The molecular formula is C98H152N2O17. The number of hydrogen-bond donors (Lipinski definition) is 1. The zero-order valence-corrected chi connectivity index (χ0v) is 78.2. The van der Waals surface area contributed by atoms with E-state index in [4.69, 9.17) is 4.74 Å². The van der Waals surface area contributed by atoms with Gasteiger partial charge in [0, 0.05) is 127 Å².